The van der Waals surface area contributed by atoms with Crippen LogP contribution in [0.1, 0.15) is 17.5 Å². The summed E-state index contributed by atoms with van der Waals surface area (Å²) in [6.45, 7) is 1.26. The predicted octanol–water partition coefficient (Wildman–Crippen LogP) is 2.50. The van der Waals surface area contributed by atoms with Crippen LogP contribution in [0.2, 0.25) is 0 Å². The molecule has 1 aromatic heterocycles. The number of rotatable bonds is 5. The second-order valence-corrected chi connectivity index (χ2v) is 3.87. The molecule has 0 unspecified atom stereocenters. The van der Waals surface area contributed by atoms with Crippen LogP contribution in [0, 0.1) is 0 Å². The molecule has 98 valence electrons. The summed E-state index contributed by atoms with van der Waals surface area (Å²) in [7, 11) is 0. The molecule has 2 rings (SSSR count). The van der Waals surface area contributed by atoms with Gasteiger partial charge < -0.3 is 14.5 Å². The molecule has 0 radical (unpaired) electrons. The highest BCUT2D eigenvalue weighted by Gasteiger charge is 2.11. The fraction of sp³-hybridized carbons (Fsp3) is 0.143. The molecule has 0 saturated heterocycles. The number of benzene rings is 1. The van der Waals surface area contributed by atoms with E-state index in [1.807, 2.05) is 0 Å². The first-order valence-corrected chi connectivity index (χ1v) is 5.73. The highest BCUT2D eigenvalue weighted by Crippen LogP contribution is 2.23. The molecular formula is C14H13NO4. The maximum atomic E-state index is 11.7. The summed E-state index contributed by atoms with van der Waals surface area (Å²) in [5.41, 5.74) is 0.530. The Morgan fingerprint density at radius 2 is 2.00 bits per heavy atom. The molecule has 0 spiro atoms. The van der Waals surface area contributed by atoms with E-state index in [1.54, 1.807) is 36.4 Å². The third-order valence-electron chi connectivity index (χ3n) is 2.35. The van der Waals surface area contributed by atoms with Crippen LogP contribution in [0.15, 0.2) is 47.1 Å². The third-order valence-corrected chi connectivity index (χ3v) is 2.35. The number of ether oxygens (including phenoxy) is 1. The molecule has 1 heterocycles. The lowest BCUT2D eigenvalue weighted by molar-refractivity contribution is -0.114. The van der Waals surface area contributed by atoms with Crippen molar-refractivity contribution in [1.82, 2.24) is 0 Å². The number of furan rings is 1. The first-order chi connectivity index (χ1) is 9.16. The molecule has 0 saturated carbocycles. The van der Waals surface area contributed by atoms with Crippen LogP contribution < -0.4 is 10.1 Å². The van der Waals surface area contributed by atoms with Gasteiger partial charge in [0.05, 0.1) is 12.0 Å². The first kappa shape index (κ1) is 12.9. The molecule has 0 aliphatic heterocycles. The normalized spacial score (nSPS) is 9.95. The van der Waals surface area contributed by atoms with Gasteiger partial charge in [0, 0.05) is 6.92 Å². The van der Waals surface area contributed by atoms with Gasteiger partial charge in [0.25, 0.3) is 0 Å². The highest BCUT2D eigenvalue weighted by atomic mass is 16.5. The van der Waals surface area contributed by atoms with Crippen molar-refractivity contribution in [3.05, 3.63) is 48.4 Å². The molecule has 1 N–H and O–H groups in total. The fourth-order valence-corrected chi connectivity index (χ4v) is 1.54. The number of hydrogen-bond donors (Lipinski definition) is 1. The Balaban J connectivity index is 2.03. The molecule has 0 aliphatic rings. The lowest BCUT2D eigenvalue weighted by atomic mass is 10.3. The second kappa shape index (κ2) is 5.86. The molecule has 1 amide bonds. The number of carbonyl (C=O) groups excluding carboxylic acids is 2. The zero-order chi connectivity index (χ0) is 13.7. The lowest BCUT2D eigenvalue weighted by Crippen LogP contribution is -2.13. The number of hydrogen-bond acceptors (Lipinski definition) is 4. The van der Waals surface area contributed by atoms with Gasteiger partial charge in [-0.3, -0.25) is 9.59 Å². The molecule has 5 nitrogen and oxygen atoms in total. The second-order valence-electron chi connectivity index (χ2n) is 3.87. The van der Waals surface area contributed by atoms with Crippen LogP contribution in [-0.2, 0) is 4.79 Å². The van der Waals surface area contributed by atoms with E-state index in [-0.39, 0.29) is 24.1 Å². The maximum absolute atomic E-state index is 11.7. The minimum absolute atomic E-state index is 0.149. The van der Waals surface area contributed by atoms with E-state index in [0.29, 0.717) is 11.4 Å². The van der Waals surface area contributed by atoms with Crippen molar-refractivity contribution in [2.45, 2.75) is 6.92 Å². The standard InChI is InChI=1S/C14H13NO4/c1-10(16)15-11-5-2-3-6-13(11)19-9-12(17)14-7-4-8-18-14/h2-8H,9H2,1H3,(H,15,16). The summed E-state index contributed by atoms with van der Waals surface area (Å²) in [6.07, 6.45) is 1.43. The predicted molar refractivity (Wildman–Crippen MR) is 69.3 cm³/mol. The van der Waals surface area contributed by atoms with E-state index in [9.17, 15) is 9.59 Å². The Hall–Kier alpha value is -2.56. The van der Waals surface area contributed by atoms with Crippen LogP contribution in [0.5, 0.6) is 5.75 Å². The van der Waals surface area contributed by atoms with E-state index in [2.05, 4.69) is 5.32 Å². The van der Waals surface area contributed by atoms with Gasteiger partial charge in [-0.2, -0.15) is 0 Å². The lowest BCUT2D eigenvalue weighted by Gasteiger charge is -2.10. The Morgan fingerprint density at radius 1 is 1.21 bits per heavy atom. The van der Waals surface area contributed by atoms with Gasteiger partial charge >= 0.3 is 0 Å². The van der Waals surface area contributed by atoms with Crippen molar-refractivity contribution >= 4 is 17.4 Å². The van der Waals surface area contributed by atoms with Crippen molar-refractivity contribution in [2.24, 2.45) is 0 Å². The topological polar surface area (TPSA) is 68.5 Å². The number of Topliss-reactive ketones (excluding diaryl/α,β-unsaturated/α-hetero) is 1. The van der Waals surface area contributed by atoms with E-state index in [1.165, 1.54) is 13.2 Å². The SMILES string of the molecule is CC(=O)Nc1ccccc1OCC(=O)c1ccco1. The average Bonchev–Trinajstić information content (AvgIpc) is 2.90. The van der Waals surface area contributed by atoms with E-state index in [0.717, 1.165) is 0 Å². The number of amides is 1. The van der Waals surface area contributed by atoms with E-state index >= 15 is 0 Å². The van der Waals surface area contributed by atoms with Gasteiger partial charge in [-0.15, -0.1) is 0 Å². The summed E-state index contributed by atoms with van der Waals surface area (Å²) >= 11 is 0. The zero-order valence-electron chi connectivity index (χ0n) is 10.4. The van der Waals surface area contributed by atoms with Gasteiger partial charge in [-0.1, -0.05) is 12.1 Å². The highest BCUT2D eigenvalue weighted by molar-refractivity contribution is 5.95. The summed E-state index contributed by atoms with van der Waals surface area (Å²) in [6, 6.07) is 10.1. The molecule has 19 heavy (non-hydrogen) atoms. The van der Waals surface area contributed by atoms with Gasteiger partial charge in [0.2, 0.25) is 11.7 Å². The number of carbonyl (C=O) groups is 2. The van der Waals surface area contributed by atoms with Gasteiger partial charge in [0.15, 0.2) is 12.4 Å². The molecule has 0 bridgehead atoms. The van der Waals surface area contributed by atoms with Crippen molar-refractivity contribution in [3.63, 3.8) is 0 Å². The van der Waals surface area contributed by atoms with Crippen molar-refractivity contribution in [3.8, 4) is 5.75 Å². The molecule has 5 heteroatoms. The summed E-state index contributed by atoms with van der Waals surface area (Å²) in [5, 5.41) is 2.63. The minimum Gasteiger partial charge on any atom is -0.483 e. The van der Waals surface area contributed by atoms with Crippen molar-refractivity contribution < 1.29 is 18.7 Å². The molecular weight excluding hydrogens is 246 g/mol. The number of para-hydroxylation sites is 2. The smallest absolute Gasteiger partial charge is 0.235 e. The van der Waals surface area contributed by atoms with Gasteiger partial charge in [-0.05, 0) is 24.3 Å². The third kappa shape index (κ3) is 3.45. The first-order valence-electron chi connectivity index (χ1n) is 5.73. The van der Waals surface area contributed by atoms with Gasteiger partial charge in [0.1, 0.15) is 5.75 Å². The van der Waals surface area contributed by atoms with Crippen molar-refractivity contribution in [1.29, 1.82) is 0 Å². The number of nitrogens with one attached hydrogen (secondary N) is 1. The number of ketones is 1. The fourth-order valence-electron chi connectivity index (χ4n) is 1.54. The van der Waals surface area contributed by atoms with Crippen LogP contribution in [0.4, 0.5) is 5.69 Å². The molecule has 2 aromatic rings. The van der Waals surface area contributed by atoms with Gasteiger partial charge in [-0.25, -0.2) is 0 Å². The Labute approximate surface area is 110 Å². The summed E-state index contributed by atoms with van der Waals surface area (Å²) in [5.74, 6) is 0.227. The Bertz CT molecular complexity index is 575. The Kier molecular flexibility index (Phi) is 3.97. The van der Waals surface area contributed by atoms with Crippen molar-refractivity contribution in [2.75, 3.05) is 11.9 Å². The minimum atomic E-state index is -0.261. The maximum Gasteiger partial charge on any atom is 0.235 e. The van der Waals surface area contributed by atoms with Crippen LogP contribution >= 0.6 is 0 Å². The van der Waals surface area contributed by atoms with Crippen LogP contribution in [-0.4, -0.2) is 18.3 Å². The molecule has 0 atom stereocenters. The summed E-state index contributed by atoms with van der Waals surface area (Å²) in [4.78, 5) is 22.7. The van der Waals surface area contributed by atoms with Crippen LogP contribution in [0.3, 0.4) is 0 Å². The quantitative estimate of drug-likeness (QED) is 0.837. The largest absolute Gasteiger partial charge is 0.483 e. The van der Waals surface area contributed by atoms with Crippen LogP contribution in [0.25, 0.3) is 0 Å². The number of anilines is 1. The zero-order valence-corrected chi connectivity index (χ0v) is 10.4. The molecule has 0 aliphatic carbocycles. The average molecular weight is 259 g/mol. The molecule has 0 fully saturated rings. The Morgan fingerprint density at radius 3 is 2.68 bits per heavy atom. The summed E-state index contributed by atoms with van der Waals surface area (Å²) < 4.78 is 10.4. The monoisotopic (exact) mass is 259 g/mol. The van der Waals surface area contributed by atoms with E-state index < -0.39 is 0 Å². The molecule has 1 aromatic carbocycles. The van der Waals surface area contributed by atoms with E-state index in [4.69, 9.17) is 9.15 Å².